The highest BCUT2D eigenvalue weighted by atomic mass is 16.5. The number of nitrogens with zero attached hydrogens (tertiary/aromatic N) is 1. The van der Waals surface area contributed by atoms with Gasteiger partial charge in [0.1, 0.15) is 5.75 Å². The van der Waals surface area contributed by atoms with Crippen LogP contribution in [-0.2, 0) is 4.74 Å². The highest BCUT2D eigenvalue weighted by Gasteiger charge is 2.22. The van der Waals surface area contributed by atoms with Gasteiger partial charge >= 0.3 is 5.97 Å². The number of hydrogen-bond donors (Lipinski definition) is 2. The van der Waals surface area contributed by atoms with E-state index < -0.39 is 12.2 Å². The largest absolute Gasteiger partial charge is 0.494 e. The molecule has 3 rings (SSSR count). The van der Waals surface area contributed by atoms with Crippen LogP contribution in [0, 0.1) is 0 Å². The Morgan fingerprint density at radius 3 is 2.78 bits per heavy atom. The minimum Gasteiger partial charge on any atom is -0.494 e. The Bertz CT molecular complexity index is 741. The van der Waals surface area contributed by atoms with Gasteiger partial charge in [0, 0.05) is 11.1 Å². The molecule has 6 heteroatoms. The van der Waals surface area contributed by atoms with Crippen molar-refractivity contribution in [1.29, 1.82) is 0 Å². The number of nitrogens with one attached hydrogen (secondary N) is 1. The van der Waals surface area contributed by atoms with Crippen LogP contribution in [-0.4, -0.2) is 23.6 Å². The lowest BCUT2D eigenvalue weighted by atomic mass is 10.1. The van der Waals surface area contributed by atoms with Gasteiger partial charge in [0.15, 0.2) is 0 Å². The van der Waals surface area contributed by atoms with Crippen LogP contribution in [0.2, 0.25) is 0 Å². The van der Waals surface area contributed by atoms with E-state index in [1.54, 1.807) is 12.1 Å². The van der Waals surface area contributed by atoms with E-state index in [0.717, 1.165) is 11.3 Å². The fraction of sp³-hybridized carbons (Fsp3) is 0.176. The molecule has 1 unspecified atom stereocenters. The van der Waals surface area contributed by atoms with Crippen LogP contribution in [0.1, 0.15) is 34.6 Å². The number of ether oxygens (including phenoxy) is 2. The zero-order valence-corrected chi connectivity index (χ0v) is 12.5. The molecule has 2 aromatic rings. The summed E-state index contributed by atoms with van der Waals surface area (Å²) in [5.41, 5.74) is 4.61. The normalized spacial score (nSPS) is 16.2. The summed E-state index contributed by atoms with van der Waals surface area (Å²) in [5.74, 6) is 0.179. The average molecular weight is 312 g/mol. The van der Waals surface area contributed by atoms with E-state index in [-0.39, 0.29) is 5.56 Å². The standard InChI is InChI=1S/C17H16N2O4/c1-2-22-14-8-6-11(7-9-14)15-18-19-16(23-15)12-4-3-5-13(10-12)17(20)21/h3-10,15,18H,2H2,1H3,(H,20,21). The maximum absolute atomic E-state index is 11.0. The zero-order chi connectivity index (χ0) is 16.2. The van der Waals surface area contributed by atoms with Crippen molar-refractivity contribution in [3.63, 3.8) is 0 Å². The van der Waals surface area contributed by atoms with Gasteiger partial charge < -0.3 is 14.6 Å². The molecule has 0 spiro atoms. The van der Waals surface area contributed by atoms with Crippen LogP contribution in [0.25, 0.3) is 0 Å². The molecule has 0 saturated carbocycles. The molecule has 0 aromatic heterocycles. The van der Waals surface area contributed by atoms with Crippen molar-refractivity contribution in [3.8, 4) is 5.75 Å². The molecule has 1 aliphatic rings. The van der Waals surface area contributed by atoms with Crippen molar-refractivity contribution in [1.82, 2.24) is 5.43 Å². The molecule has 0 radical (unpaired) electrons. The molecule has 1 heterocycles. The zero-order valence-electron chi connectivity index (χ0n) is 12.5. The first-order valence-corrected chi connectivity index (χ1v) is 7.23. The van der Waals surface area contributed by atoms with Gasteiger partial charge in [-0.3, -0.25) is 5.43 Å². The highest BCUT2D eigenvalue weighted by Crippen LogP contribution is 2.24. The van der Waals surface area contributed by atoms with Crippen molar-refractivity contribution in [2.24, 2.45) is 5.10 Å². The van der Waals surface area contributed by atoms with Crippen molar-refractivity contribution in [2.45, 2.75) is 13.2 Å². The van der Waals surface area contributed by atoms with E-state index in [9.17, 15) is 4.79 Å². The van der Waals surface area contributed by atoms with Crippen LogP contribution in [0.3, 0.4) is 0 Å². The van der Waals surface area contributed by atoms with E-state index in [1.165, 1.54) is 12.1 Å². The van der Waals surface area contributed by atoms with Crippen molar-refractivity contribution in [3.05, 3.63) is 65.2 Å². The van der Waals surface area contributed by atoms with E-state index in [2.05, 4.69) is 10.5 Å². The van der Waals surface area contributed by atoms with Crippen molar-refractivity contribution < 1.29 is 19.4 Å². The summed E-state index contributed by atoms with van der Waals surface area (Å²) in [6.07, 6.45) is -0.408. The van der Waals surface area contributed by atoms with Gasteiger partial charge in [-0.05, 0) is 49.4 Å². The Kier molecular flexibility index (Phi) is 4.14. The summed E-state index contributed by atoms with van der Waals surface area (Å²) in [6, 6.07) is 14.0. The molecule has 2 aromatic carbocycles. The maximum atomic E-state index is 11.0. The molecular formula is C17H16N2O4. The predicted octanol–water partition coefficient (Wildman–Crippen LogP) is 2.76. The third kappa shape index (κ3) is 3.26. The Hall–Kier alpha value is -3.02. The first kappa shape index (κ1) is 14.9. The number of carboxylic acid groups (broad SMARTS) is 1. The fourth-order valence-electron chi connectivity index (χ4n) is 2.25. The first-order valence-electron chi connectivity index (χ1n) is 7.23. The average Bonchev–Trinajstić information content (AvgIpc) is 3.06. The summed E-state index contributed by atoms with van der Waals surface area (Å²) < 4.78 is 11.2. The Morgan fingerprint density at radius 1 is 1.30 bits per heavy atom. The van der Waals surface area contributed by atoms with Crippen LogP contribution in [0.5, 0.6) is 5.75 Å². The maximum Gasteiger partial charge on any atom is 0.335 e. The lowest BCUT2D eigenvalue weighted by Crippen LogP contribution is -2.12. The van der Waals surface area contributed by atoms with Crippen molar-refractivity contribution >= 4 is 11.9 Å². The minimum absolute atomic E-state index is 0.193. The number of hydrogen-bond acceptors (Lipinski definition) is 5. The summed E-state index contributed by atoms with van der Waals surface area (Å²) in [7, 11) is 0. The lowest BCUT2D eigenvalue weighted by Gasteiger charge is -2.12. The van der Waals surface area contributed by atoms with E-state index >= 15 is 0 Å². The summed E-state index contributed by atoms with van der Waals surface area (Å²) in [6.45, 7) is 2.55. The lowest BCUT2D eigenvalue weighted by molar-refractivity contribution is 0.0697. The smallest absolute Gasteiger partial charge is 0.335 e. The summed E-state index contributed by atoms with van der Waals surface area (Å²) in [5, 5.41) is 13.2. The van der Waals surface area contributed by atoms with Gasteiger partial charge in [-0.2, -0.15) is 0 Å². The second kappa shape index (κ2) is 6.39. The Balaban J connectivity index is 1.72. The number of aromatic carboxylic acids is 1. The van der Waals surface area contributed by atoms with E-state index in [0.29, 0.717) is 18.1 Å². The molecule has 2 N–H and O–H groups in total. The Labute approximate surface area is 133 Å². The molecule has 118 valence electrons. The summed E-state index contributed by atoms with van der Waals surface area (Å²) >= 11 is 0. The SMILES string of the molecule is CCOc1ccc(C2NN=C(c3cccc(C(=O)O)c3)O2)cc1. The molecule has 0 fully saturated rings. The molecule has 0 amide bonds. The van der Waals surface area contributed by atoms with Crippen molar-refractivity contribution in [2.75, 3.05) is 6.61 Å². The van der Waals surface area contributed by atoms with Crippen LogP contribution < -0.4 is 10.2 Å². The quantitative estimate of drug-likeness (QED) is 0.887. The van der Waals surface area contributed by atoms with Gasteiger partial charge in [-0.15, -0.1) is 5.10 Å². The number of carbonyl (C=O) groups is 1. The van der Waals surface area contributed by atoms with Crippen LogP contribution in [0.4, 0.5) is 0 Å². The van der Waals surface area contributed by atoms with Gasteiger partial charge in [-0.25, -0.2) is 4.79 Å². The highest BCUT2D eigenvalue weighted by molar-refractivity contribution is 5.97. The minimum atomic E-state index is -0.985. The molecule has 23 heavy (non-hydrogen) atoms. The molecular weight excluding hydrogens is 296 g/mol. The number of benzene rings is 2. The number of rotatable bonds is 5. The molecule has 0 aliphatic carbocycles. The second-order valence-corrected chi connectivity index (χ2v) is 4.93. The molecule has 0 bridgehead atoms. The van der Waals surface area contributed by atoms with Crippen LogP contribution >= 0.6 is 0 Å². The topological polar surface area (TPSA) is 80.2 Å². The predicted molar refractivity (Wildman–Crippen MR) is 84.5 cm³/mol. The first-order chi connectivity index (χ1) is 11.2. The molecule has 6 nitrogen and oxygen atoms in total. The van der Waals surface area contributed by atoms with Gasteiger partial charge in [-0.1, -0.05) is 6.07 Å². The third-order valence-electron chi connectivity index (χ3n) is 3.36. The van der Waals surface area contributed by atoms with Gasteiger partial charge in [0.25, 0.3) is 0 Å². The monoisotopic (exact) mass is 312 g/mol. The second-order valence-electron chi connectivity index (χ2n) is 4.93. The van der Waals surface area contributed by atoms with Gasteiger partial charge in [0.05, 0.1) is 12.2 Å². The van der Waals surface area contributed by atoms with E-state index in [1.807, 2.05) is 31.2 Å². The van der Waals surface area contributed by atoms with Gasteiger partial charge in [0.2, 0.25) is 12.1 Å². The number of carboxylic acids is 1. The Morgan fingerprint density at radius 2 is 2.09 bits per heavy atom. The summed E-state index contributed by atoms with van der Waals surface area (Å²) in [4.78, 5) is 11.0. The fourth-order valence-corrected chi connectivity index (χ4v) is 2.25. The van der Waals surface area contributed by atoms with E-state index in [4.69, 9.17) is 14.6 Å². The van der Waals surface area contributed by atoms with Crippen LogP contribution in [0.15, 0.2) is 53.6 Å². The molecule has 1 aliphatic heterocycles. The number of hydrazone groups is 1. The third-order valence-corrected chi connectivity index (χ3v) is 3.36. The molecule has 1 atom stereocenters. The molecule has 0 saturated heterocycles.